The van der Waals surface area contributed by atoms with Gasteiger partial charge in [0.2, 0.25) is 0 Å². The molecular weight excluding hydrogens is 326 g/mol. The van der Waals surface area contributed by atoms with Crippen molar-refractivity contribution in [3.63, 3.8) is 0 Å². The van der Waals surface area contributed by atoms with Crippen LogP contribution in [-0.4, -0.2) is 16.8 Å². The summed E-state index contributed by atoms with van der Waals surface area (Å²) in [5.74, 6) is -2.23. The van der Waals surface area contributed by atoms with Crippen LogP contribution in [0, 0.1) is 28.6 Å². The molecule has 2 unspecified atom stereocenters. The Morgan fingerprint density at radius 1 is 1.12 bits per heavy atom. The van der Waals surface area contributed by atoms with Gasteiger partial charge in [0.15, 0.2) is 0 Å². The Balaban J connectivity index is 2.24. The quantitative estimate of drug-likeness (QED) is 0.911. The first kappa shape index (κ1) is 17.1. The lowest BCUT2D eigenvalue weighted by atomic mass is 9.76. The second-order valence-corrected chi connectivity index (χ2v) is 6.01. The molecule has 2 aromatic rings. The maximum absolute atomic E-state index is 11.3. The highest BCUT2D eigenvalue weighted by Gasteiger charge is 2.35. The number of carboxylic acids is 1. The van der Waals surface area contributed by atoms with Gasteiger partial charge in [-0.3, -0.25) is 4.99 Å². The summed E-state index contributed by atoms with van der Waals surface area (Å²) in [4.78, 5) is 15.8. The largest absolute Gasteiger partial charge is 0.478 e. The van der Waals surface area contributed by atoms with E-state index in [-0.39, 0.29) is 5.56 Å². The fourth-order valence-corrected chi connectivity index (χ4v) is 3.19. The molecule has 0 aliphatic carbocycles. The van der Waals surface area contributed by atoms with Crippen molar-refractivity contribution >= 4 is 17.4 Å². The van der Waals surface area contributed by atoms with E-state index >= 15 is 0 Å². The van der Waals surface area contributed by atoms with Crippen molar-refractivity contribution in [3.05, 3.63) is 76.9 Å². The second kappa shape index (κ2) is 7.04. The molecule has 126 valence electrons. The molecule has 0 bridgehead atoms. The molecule has 5 heteroatoms. The van der Waals surface area contributed by atoms with Crippen LogP contribution in [0.25, 0.3) is 5.70 Å². The number of nitrogens with zero attached hydrogens (tertiary/aromatic N) is 3. The Kier molecular flexibility index (Phi) is 4.64. The Morgan fingerprint density at radius 3 is 2.46 bits per heavy atom. The van der Waals surface area contributed by atoms with Gasteiger partial charge in [0.05, 0.1) is 34.9 Å². The molecule has 0 spiro atoms. The summed E-state index contributed by atoms with van der Waals surface area (Å²) in [6.07, 6.45) is 0. The van der Waals surface area contributed by atoms with Gasteiger partial charge in [-0.1, -0.05) is 42.5 Å². The van der Waals surface area contributed by atoms with Crippen LogP contribution in [0.4, 0.5) is 0 Å². The van der Waals surface area contributed by atoms with Gasteiger partial charge in [-0.15, -0.1) is 0 Å². The molecule has 1 aliphatic heterocycles. The highest BCUT2D eigenvalue weighted by atomic mass is 16.4. The molecule has 0 amide bonds. The van der Waals surface area contributed by atoms with Crippen molar-refractivity contribution < 1.29 is 9.90 Å². The Morgan fingerprint density at radius 2 is 1.85 bits per heavy atom. The Labute approximate surface area is 151 Å². The number of allylic oxidation sites excluding steroid dienone is 1. The predicted molar refractivity (Wildman–Crippen MR) is 97.3 cm³/mol. The van der Waals surface area contributed by atoms with Crippen LogP contribution in [-0.2, 0) is 0 Å². The molecule has 26 heavy (non-hydrogen) atoms. The number of hydrogen-bond acceptors (Lipinski definition) is 4. The van der Waals surface area contributed by atoms with Gasteiger partial charge in [-0.2, -0.15) is 10.5 Å². The fraction of sp³-hybridized carbons (Fsp3) is 0.143. The highest BCUT2D eigenvalue weighted by Crippen LogP contribution is 2.41. The molecule has 0 aromatic heterocycles. The third-order valence-electron chi connectivity index (χ3n) is 4.44. The summed E-state index contributed by atoms with van der Waals surface area (Å²) in [7, 11) is 0. The number of benzene rings is 2. The van der Waals surface area contributed by atoms with Crippen LogP contribution in [0.1, 0.15) is 34.3 Å². The van der Waals surface area contributed by atoms with E-state index in [0.717, 1.165) is 5.56 Å². The average molecular weight is 341 g/mol. The van der Waals surface area contributed by atoms with Gasteiger partial charge in [-0.05, 0) is 24.6 Å². The van der Waals surface area contributed by atoms with E-state index in [1.54, 1.807) is 19.1 Å². The zero-order valence-corrected chi connectivity index (χ0v) is 14.0. The first-order valence-electron chi connectivity index (χ1n) is 8.04. The van der Waals surface area contributed by atoms with E-state index in [9.17, 15) is 20.4 Å². The average Bonchev–Trinajstić information content (AvgIpc) is 2.67. The van der Waals surface area contributed by atoms with Crippen molar-refractivity contribution in [1.29, 1.82) is 10.5 Å². The van der Waals surface area contributed by atoms with Crippen molar-refractivity contribution in [2.45, 2.75) is 12.8 Å². The first-order chi connectivity index (χ1) is 12.6. The number of rotatable bonds is 3. The molecular formula is C21H15N3O2. The van der Waals surface area contributed by atoms with Crippen LogP contribution in [0.5, 0.6) is 0 Å². The minimum atomic E-state index is -1.05. The van der Waals surface area contributed by atoms with Crippen molar-refractivity contribution in [2.75, 3.05) is 0 Å². The summed E-state index contributed by atoms with van der Waals surface area (Å²) in [6, 6.07) is 20.1. The molecule has 0 fully saturated rings. The summed E-state index contributed by atoms with van der Waals surface area (Å²) < 4.78 is 0. The maximum Gasteiger partial charge on any atom is 0.335 e. The predicted octanol–water partition coefficient (Wildman–Crippen LogP) is 4.02. The summed E-state index contributed by atoms with van der Waals surface area (Å²) in [5, 5.41) is 28.8. The van der Waals surface area contributed by atoms with Crippen LogP contribution in [0.3, 0.4) is 0 Å². The molecule has 3 rings (SSSR count). The molecule has 2 atom stereocenters. The monoisotopic (exact) mass is 341 g/mol. The summed E-state index contributed by atoms with van der Waals surface area (Å²) in [5.41, 5.74) is 3.04. The van der Waals surface area contributed by atoms with E-state index < -0.39 is 17.8 Å². The molecule has 0 saturated heterocycles. The minimum absolute atomic E-state index is 0.123. The lowest BCUT2D eigenvalue weighted by Crippen LogP contribution is -2.25. The number of aromatic carboxylic acids is 1. The highest BCUT2D eigenvalue weighted by molar-refractivity contribution is 5.97. The molecule has 5 nitrogen and oxygen atoms in total. The fourth-order valence-electron chi connectivity index (χ4n) is 3.19. The molecule has 0 saturated carbocycles. The van der Waals surface area contributed by atoms with E-state index in [1.165, 1.54) is 12.1 Å². The van der Waals surface area contributed by atoms with E-state index in [2.05, 4.69) is 17.1 Å². The third kappa shape index (κ3) is 2.99. The van der Waals surface area contributed by atoms with Crippen molar-refractivity contribution in [3.8, 4) is 12.1 Å². The van der Waals surface area contributed by atoms with Gasteiger partial charge in [0, 0.05) is 17.2 Å². The molecule has 2 aromatic carbocycles. The number of aliphatic imine (C=N–C) groups is 1. The van der Waals surface area contributed by atoms with Crippen LogP contribution in [0.2, 0.25) is 0 Å². The van der Waals surface area contributed by atoms with Gasteiger partial charge >= 0.3 is 5.97 Å². The van der Waals surface area contributed by atoms with Crippen LogP contribution < -0.4 is 0 Å². The van der Waals surface area contributed by atoms with Gasteiger partial charge in [-0.25, -0.2) is 4.79 Å². The van der Waals surface area contributed by atoms with E-state index in [0.29, 0.717) is 22.5 Å². The number of carbonyl (C=O) groups is 1. The molecule has 1 aliphatic rings. The van der Waals surface area contributed by atoms with Gasteiger partial charge in [0.25, 0.3) is 0 Å². The number of nitriles is 2. The Bertz CT molecular complexity index is 1010. The lowest BCUT2D eigenvalue weighted by Gasteiger charge is -2.28. The van der Waals surface area contributed by atoms with Crippen molar-refractivity contribution in [2.24, 2.45) is 10.9 Å². The van der Waals surface area contributed by atoms with Crippen molar-refractivity contribution in [1.82, 2.24) is 0 Å². The van der Waals surface area contributed by atoms with E-state index in [1.807, 2.05) is 30.3 Å². The first-order valence-corrected chi connectivity index (χ1v) is 8.04. The topological polar surface area (TPSA) is 97.2 Å². The van der Waals surface area contributed by atoms with Gasteiger partial charge in [0.1, 0.15) is 0 Å². The second-order valence-electron chi connectivity index (χ2n) is 6.01. The normalized spacial score (nSPS) is 19.3. The smallest absolute Gasteiger partial charge is 0.335 e. The molecule has 1 N–H and O–H groups in total. The third-order valence-corrected chi connectivity index (χ3v) is 4.44. The molecule has 1 heterocycles. The Hall–Kier alpha value is -3.70. The van der Waals surface area contributed by atoms with Gasteiger partial charge < -0.3 is 5.11 Å². The number of hydrogen-bond donors (Lipinski definition) is 1. The summed E-state index contributed by atoms with van der Waals surface area (Å²) >= 11 is 0. The zero-order chi connectivity index (χ0) is 18.7. The van der Waals surface area contributed by atoms with E-state index in [4.69, 9.17) is 0 Å². The lowest BCUT2D eigenvalue weighted by molar-refractivity contribution is 0.0696. The zero-order valence-electron chi connectivity index (χ0n) is 14.0. The minimum Gasteiger partial charge on any atom is -0.478 e. The van der Waals surface area contributed by atoms with Crippen LogP contribution >= 0.6 is 0 Å². The molecule has 0 radical (unpaired) electrons. The SMILES string of the molecule is CC1=NC(c2ccccc2)=C(C#N)C(c2cccc(C(=O)O)c2)C1C#N. The summed E-state index contributed by atoms with van der Waals surface area (Å²) in [6.45, 7) is 1.76. The van der Waals surface area contributed by atoms with Crippen LogP contribution in [0.15, 0.2) is 65.2 Å². The standard InChI is InChI=1S/C21H15N3O2/c1-13-17(11-22)19(15-8-5-9-16(10-15)21(25)26)18(12-23)20(24-13)14-6-3-2-4-7-14/h2-10,17,19H,1H3,(H,25,26). The maximum atomic E-state index is 11.3. The number of carboxylic acid groups (broad SMARTS) is 1.